The molecule has 1 N–H and O–H groups in total. The highest BCUT2D eigenvalue weighted by molar-refractivity contribution is 6.03. The molecular weight excluding hydrogens is 593 g/mol. The lowest BCUT2D eigenvalue weighted by atomic mass is 9.72. The number of carbonyl (C=O) groups is 1. The molecule has 46 heavy (non-hydrogen) atoms. The van der Waals surface area contributed by atoms with Crippen molar-refractivity contribution in [2.24, 2.45) is 5.41 Å². The number of nitrogens with one attached hydrogen (secondary N) is 1. The zero-order valence-electron chi connectivity index (χ0n) is 26.1. The summed E-state index contributed by atoms with van der Waals surface area (Å²) in [4.78, 5) is 29.6. The number of hydrogen-bond donors (Lipinski definition) is 1. The molecule has 1 amide bonds. The van der Waals surface area contributed by atoms with Gasteiger partial charge in [-0.05, 0) is 73.8 Å². The lowest BCUT2D eigenvalue weighted by molar-refractivity contribution is -0.135. The van der Waals surface area contributed by atoms with Crippen molar-refractivity contribution in [1.29, 1.82) is 5.41 Å². The normalized spacial score (nSPS) is 21.7. The minimum Gasteiger partial charge on any atom is -0.355 e. The molecule has 12 heteroatoms. The molecule has 4 aliphatic rings. The van der Waals surface area contributed by atoms with Gasteiger partial charge in [0.2, 0.25) is 5.91 Å². The topological polar surface area (TPSA) is 84.6 Å². The van der Waals surface area contributed by atoms with E-state index in [1.165, 1.54) is 28.9 Å². The highest BCUT2D eigenvalue weighted by Gasteiger charge is 2.46. The van der Waals surface area contributed by atoms with Crippen molar-refractivity contribution in [2.75, 3.05) is 51.2 Å². The number of likely N-dealkylation sites (N-methyl/N-ethyl adjacent to an activating group) is 1. The van der Waals surface area contributed by atoms with Crippen LogP contribution in [0.1, 0.15) is 35.2 Å². The van der Waals surface area contributed by atoms with Crippen LogP contribution in [0.25, 0.3) is 21.8 Å². The first kappa shape index (κ1) is 29.2. The highest BCUT2D eigenvalue weighted by Crippen LogP contribution is 2.44. The minimum absolute atomic E-state index is 0.0583. The Labute approximate surface area is 265 Å². The molecule has 1 unspecified atom stereocenters. The fourth-order valence-electron chi connectivity index (χ4n) is 8.11. The quantitative estimate of drug-likeness (QED) is 0.356. The number of aromatic nitrogens is 3. The molecule has 0 aliphatic carbocycles. The van der Waals surface area contributed by atoms with Crippen LogP contribution in [0.3, 0.4) is 0 Å². The number of piperidine rings is 1. The van der Waals surface area contributed by atoms with E-state index in [1.807, 2.05) is 11.9 Å². The molecule has 9 nitrogen and oxygen atoms in total. The first-order chi connectivity index (χ1) is 22.0. The van der Waals surface area contributed by atoms with E-state index in [-0.39, 0.29) is 29.5 Å². The summed E-state index contributed by atoms with van der Waals surface area (Å²) < 4.78 is 41.4. The molecule has 1 atom stereocenters. The molecule has 0 radical (unpaired) electrons. The van der Waals surface area contributed by atoms with E-state index in [4.69, 9.17) is 5.41 Å². The standard InChI is InChI=1S/C34H37F3N8O/c1-21-23(4-6-28-25(21)12-29-31(38)44-17-30(46)41(2)15-24(44)16-45(28)29)14-42-9-7-33(8-10-42)18-43(19-33)32-26-11-22(13-34(35,36)37)3-5-27(26)39-20-40-32/h3-6,11-12,20,24,38H,7-10,13-19H2,1-2H3. The Morgan fingerprint density at radius 2 is 1.80 bits per heavy atom. The largest absolute Gasteiger partial charge is 0.393 e. The van der Waals surface area contributed by atoms with Gasteiger partial charge in [0, 0.05) is 61.5 Å². The molecule has 240 valence electrons. The zero-order chi connectivity index (χ0) is 32.0. The zero-order valence-corrected chi connectivity index (χ0v) is 26.1. The first-order valence-electron chi connectivity index (χ1n) is 16.0. The van der Waals surface area contributed by atoms with E-state index in [0.717, 1.165) is 69.1 Å². The second-order valence-corrected chi connectivity index (χ2v) is 13.8. The third-order valence-electron chi connectivity index (χ3n) is 10.8. The van der Waals surface area contributed by atoms with Crippen LogP contribution in [-0.2, 0) is 24.3 Å². The molecule has 6 heterocycles. The number of rotatable bonds is 4. The fraction of sp³-hybridized carbons (Fsp3) is 0.471. The molecule has 8 rings (SSSR count). The van der Waals surface area contributed by atoms with Crippen molar-refractivity contribution < 1.29 is 18.0 Å². The number of amidine groups is 1. The summed E-state index contributed by atoms with van der Waals surface area (Å²) in [5, 5.41) is 10.8. The fourth-order valence-corrected chi connectivity index (χ4v) is 8.11. The maximum Gasteiger partial charge on any atom is 0.393 e. The summed E-state index contributed by atoms with van der Waals surface area (Å²) in [7, 11) is 1.84. The Morgan fingerprint density at radius 1 is 1.02 bits per heavy atom. The molecule has 4 aliphatic heterocycles. The van der Waals surface area contributed by atoms with Gasteiger partial charge in [-0.15, -0.1) is 0 Å². The van der Waals surface area contributed by atoms with E-state index in [1.54, 1.807) is 17.0 Å². The average molecular weight is 631 g/mol. The number of aryl methyl sites for hydroxylation is 1. The number of hydrogen-bond acceptors (Lipinski definition) is 6. The van der Waals surface area contributed by atoms with Gasteiger partial charge in [0.25, 0.3) is 0 Å². The van der Waals surface area contributed by atoms with Crippen LogP contribution in [0.5, 0.6) is 0 Å². The number of amides is 1. The monoisotopic (exact) mass is 630 g/mol. The summed E-state index contributed by atoms with van der Waals surface area (Å²) in [5.74, 6) is 1.22. The molecular formula is C34H37F3N8O. The van der Waals surface area contributed by atoms with Gasteiger partial charge >= 0.3 is 6.18 Å². The van der Waals surface area contributed by atoms with Crippen LogP contribution < -0.4 is 4.90 Å². The lowest BCUT2D eigenvalue weighted by Crippen LogP contribution is -2.60. The number of piperazine rings is 1. The molecule has 0 saturated carbocycles. The number of nitrogens with zero attached hydrogens (tertiary/aromatic N) is 7. The van der Waals surface area contributed by atoms with Crippen LogP contribution in [0.15, 0.2) is 42.7 Å². The maximum absolute atomic E-state index is 13.0. The molecule has 0 bridgehead atoms. The second kappa shape index (κ2) is 10.4. The molecule has 3 fully saturated rings. The summed E-state index contributed by atoms with van der Waals surface area (Å²) in [6.07, 6.45) is -1.59. The third kappa shape index (κ3) is 4.88. The third-order valence-corrected chi connectivity index (χ3v) is 10.8. The van der Waals surface area contributed by atoms with Gasteiger partial charge in [-0.1, -0.05) is 12.1 Å². The van der Waals surface area contributed by atoms with E-state index in [2.05, 4.69) is 49.5 Å². The Bertz CT molecular complexity index is 1880. The van der Waals surface area contributed by atoms with Gasteiger partial charge in [0.15, 0.2) is 0 Å². The number of fused-ring (bicyclic) bond motifs is 5. The van der Waals surface area contributed by atoms with Crippen molar-refractivity contribution in [1.82, 2.24) is 29.2 Å². The SMILES string of the molecule is Cc1c(CN2CCC3(CC2)CN(c2ncnc4ccc(CC(F)(F)F)cc24)C3)ccc2c1cc1n2CC2CN(C)C(=O)CN2C1=N. The van der Waals surface area contributed by atoms with Gasteiger partial charge in [0.05, 0.1) is 30.2 Å². The number of carbonyl (C=O) groups excluding carboxylic acids is 1. The van der Waals surface area contributed by atoms with Crippen molar-refractivity contribution in [3.05, 3.63) is 65.1 Å². The van der Waals surface area contributed by atoms with Crippen molar-refractivity contribution in [3.63, 3.8) is 0 Å². The van der Waals surface area contributed by atoms with E-state index < -0.39 is 12.6 Å². The summed E-state index contributed by atoms with van der Waals surface area (Å²) >= 11 is 0. The smallest absolute Gasteiger partial charge is 0.355 e. The average Bonchev–Trinajstić information content (AvgIpc) is 3.37. The highest BCUT2D eigenvalue weighted by atomic mass is 19.4. The van der Waals surface area contributed by atoms with E-state index >= 15 is 0 Å². The van der Waals surface area contributed by atoms with Gasteiger partial charge in [-0.2, -0.15) is 13.2 Å². The molecule has 3 saturated heterocycles. The Kier molecular flexibility index (Phi) is 6.62. The number of likely N-dealkylation sites (tertiary alicyclic amines) is 1. The molecule has 4 aromatic rings. The number of alkyl halides is 3. The van der Waals surface area contributed by atoms with Crippen LogP contribution in [-0.4, -0.2) is 99.5 Å². The minimum atomic E-state index is -4.26. The summed E-state index contributed by atoms with van der Waals surface area (Å²) in [6, 6.07) is 11.4. The summed E-state index contributed by atoms with van der Waals surface area (Å²) in [5.41, 5.74) is 5.66. The first-order valence-corrected chi connectivity index (χ1v) is 16.0. The van der Waals surface area contributed by atoms with Crippen molar-refractivity contribution >= 4 is 39.4 Å². The Hall–Kier alpha value is -4.19. The van der Waals surface area contributed by atoms with Crippen LogP contribution in [0.4, 0.5) is 19.0 Å². The van der Waals surface area contributed by atoms with Gasteiger partial charge in [-0.3, -0.25) is 15.1 Å². The maximum atomic E-state index is 13.0. The van der Waals surface area contributed by atoms with Crippen molar-refractivity contribution in [3.8, 4) is 0 Å². The van der Waals surface area contributed by atoms with E-state index in [0.29, 0.717) is 23.3 Å². The summed E-state index contributed by atoms with van der Waals surface area (Å²) in [6.45, 7) is 8.38. The Morgan fingerprint density at radius 3 is 2.57 bits per heavy atom. The number of benzene rings is 2. The van der Waals surface area contributed by atoms with Crippen molar-refractivity contribution in [2.45, 2.75) is 51.5 Å². The van der Waals surface area contributed by atoms with Gasteiger partial charge < -0.3 is 19.3 Å². The predicted molar refractivity (Wildman–Crippen MR) is 170 cm³/mol. The second-order valence-electron chi connectivity index (χ2n) is 13.8. The molecule has 2 aromatic carbocycles. The number of halogens is 3. The number of anilines is 1. The Balaban J connectivity index is 0.940. The lowest BCUT2D eigenvalue weighted by Gasteiger charge is -2.54. The van der Waals surface area contributed by atoms with Crippen LogP contribution >= 0.6 is 0 Å². The van der Waals surface area contributed by atoms with Gasteiger partial charge in [0.1, 0.15) is 18.0 Å². The van der Waals surface area contributed by atoms with Gasteiger partial charge in [-0.25, -0.2) is 9.97 Å². The molecule has 1 spiro atoms. The van der Waals surface area contributed by atoms with E-state index in [9.17, 15) is 18.0 Å². The predicted octanol–water partition coefficient (Wildman–Crippen LogP) is 4.58. The molecule has 2 aromatic heterocycles. The van der Waals surface area contributed by atoms with Crippen LogP contribution in [0, 0.1) is 17.7 Å². The van der Waals surface area contributed by atoms with Crippen LogP contribution in [0.2, 0.25) is 0 Å².